The van der Waals surface area contributed by atoms with Gasteiger partial charge in [0.25, 0.3) is 5.91 Å². The van der Waals surface area contributed by atoms with Crippen LogP contribution in [0, 0.1) is 0 Å². The number of thiophene rings is 2. The van der Waals surface area contributed by atoms with E-state index in [1.165, 1.54) is 26.4 Å². The maximum atomic E-state index is 11.4. The van der Waals surface area contributed by atoms with Crippen LogP contribution in [0.15, 0.2) is 28.1 Å². The summed E-state index contributed by atoms with van der Waals surface area (Å²) in [5.74, 6) is -0.289. The maximum Gasteiger partial charge on any atom is 0.256 e. The van der Waals surface area contributed by atoms with E-state index >= 15 is 0 Å². The van der Waals surface area contributed by atoms with Crippen molar-refractivity contribution in [3.63, 3.8) is 0 Å². The second-order valence-electron chi connectivity index (χ2n) is 5.17. The van der Waals surface area contributed by atoms with Crippen LogP contribution in [0.3, 0.4) is 0 Å². The zero-order valence-electron chi connectivity index (χ0n) is 12.9. The number of carbonyl (C=O) groups excluding carboxylic acids is 1. The number of aryl methyl sites for hydroxylation is 1. The molecule has 0 aliphatic heterocycles. The first-order chi connectivity index (χ1) is 11.1. The van der Waals surface area contributed by atoms with Gasteiger partial charge in [-0.2, -0.15) is 11.8 Å². The highest BCUT2D eigenvalue weighted by atomic mass is 79.9. The standard InChI is InChI=1S/C16H20BrNO2S3/c1-21-14(16(19)18-20)6-4-2-3-5-11-7-8-12(22-11)13-9-10-15(17)23-13/h7-10,14,20H,2-6H2,1H3,(H,18,19). The van der Waals surface area contributed by atoms with Gasteiger partial charge >= 0.3 is 0 Å². The van der Waals surface area contributed by atoms with Gasteiger partial charge in [0.2, 0.25) is 0 Å². The summed E-state index contributed by atoms with van der Waals surface area (Å²) in [5.41, 5.74) is 1.74. The van der Waals surface area contributed by atoms with Gasteiger partial charge in [-0.1, -0.05) is 12.8 Å². The van der Waals surface area contributed by atoms with Crippen LogP contribution in [0.2, 0.25) is 0 Å². The quantitative estimate of drug-likeness (QED) is 0.308. The zero-order chi connectivity index (χ0) is 16.7. The third kappa shape index (κ3) is 5.90. The lowest BCUT2D eigenvalue weighted by molar-refractivity contribution is -0.128. The highest BCUT2D eigenvalue weighted by Gasteiger charge is 2.15. The van der Waals surface area contributed by atoms with Gasteiger partial charge in [-0.15, -0.1) is 22.7 Å². The Morgan fingerprint density at radius 2 is 1.96 bits per heavy atom. The number of thioether (sulfide) groups is 1. The predicted octanol–water partition coefficient (Wildman–Crippen LogP) is 5.58. The Morgan fingerprint density at radius 3 is 2.61 bits per heavy atom. The first-order valence-corrected chi connectivity index (χ1v) is 11.2. The Balaban J connectivity index is 1.71. The molecule has 0 aliphatic carbocycles. The van der Waals surface area contributed by atoms with Crippen LogP contribution in [-0.4, -0.2) is 22.6 Å². The van der Waals surface area contributed by atoms with E-state index in [-0.39, 0.29) is 11.2 Å². The lowest BCUT2D eigenvalue weighted by atomic mass is 10.1. The number of rotatable bonds is 9. The van der Waals surface area contributed by atoms with Crippen molar-refractivity contribution in [1.82, 2.24) is 5.48 Å². The van der Waals surface area contributed by atoms with Gasteiger partial charge in [-0.3, -0.25) is 10.0 Å². The topological polar surface area (TPSA) is 49.3 Å². The Hall–Kier alpha value is -0.340. The second-order valence-corrected chi connectivity index (χ2v) is 9.84. The molecule has 0 bridgehead atoms. The molecule has 0 aliphatic rings. The third-order valence-corrected chi connectivity index (χ3v) is 7.54. The summed E-state index contributed by atoms with van der Waals surface area (Å²) >= 11 is 8.62. The van der Waals surface area contributed by atoms with Crippen LogP contribution in [-0.2, 0) is 11.2 Å². The van der Waals surface area contributed by atoms with E-state index in [2.05, 4.69) is 40.2 Å². The third-order valence-electron chi connectivity index (χ3n) is 3.55. The van der Waals surface area contributed by atoms with E-state index in [0.29, 0.717) is 0 Å². The summed E-state index contributed by atoms with van der Waals surface area (Å²) < 4.78 is 1.16. The highest BCUT2D eigenvalue weighted by Crippen LogP contribution is 2.36. The van der Waals surface area contributed by atoms with Gasteiger partial charge in [0.1, 0.15) is 0 Å². The lowest BCUT2D eigenvalue weighted by Gasteiger charge is -2.11. The molecule has 0 fully saturated rings. The fourth-order valence-electron chi connectivity index (χ4n) is 2.33. The average Bonchev–Trinajstić information content (AvgIpc) is 3.19. The van der Waals surface area contributed by atoms with Crippen LogP contribution in [0.4, 0.5) is 0 Å². The molecule has 1 amide bonds. The Labute approximate surface area is 157 Å². The molecule has 2 aromatic heterocycles. The highest BCUT2D eigenvalue weighted by molar-refractivity contribution is 9.11. The molecule has 3 nitrogen and oxygen atoms in total. The molecular weight excluding hydrogens is 414 g/mol. The first-order valence-electron chi connectivity index (χ1n) is 7.45. The van der Waals surface area contributed by atoms with Gasteiger partial charge in [-0.25, -0.2) is 5.48 Å². The van der Waals surface area contributed by atoms with Crippen LogP contribution < -0.4 is 5.48 Å². The normalized spacial score (nSPS) is 12.3. The van der Waals surface area contributed by atoms with Crippen LogP contribution in [0.1, 0.15) is 30.6 Å². The largest absolute Gasteiger partial charge is 0.289 e. The van der Waals surface area contributed by atoms with E-state index in [9.17, 15) is 4.79 Å². The molecule has 0 saturated heterocycles. The van der Waals surface area contributed by atoms with E-state index in [0.717, 1.165) is 35.9 Å². The molecule has 2 N–H and O–H groups in total. The fraction of sp³-hybridized carbons (Fsp3) is 0.438. The number of halogens is 1. The molecule has 1 unspecified atom stereocenters. The zero-order valence-corrected chi connectivity index (χ0v) is 16.9. The summed E-state index contributed by atoms with van der Waals surface area (Å²) in [6.07, 6.45) is 7.05. The predicted molar refractivity (Wildman–Crippen MR) is 105 cm³/mol. The Kier molecular flexibility index (Phi) is 8.12. The van der Waals surface area contributed by atoms with Crippen molar-refractivity contribution in [2.75, 3.05) is 6.26 Å². The molecule has 0 spiro atoms. The van der Waals surface area contributed by atoms with Gasteiger partial charge in [0.05, 0.1) is 9.04 Å². The smallest absolute Gasteiger partial charge is 0.256 e. The van der Waals surface area contributed by atoms with Crippen molar-refractivity contribution in [2.45, 2.75) is 37.4 Å². The minimum Gasteiger partial charge on any atom is -0.289 e. The number of unbranched alkanes of at least 4 members (excludes halogenated alkanes) is 2. The van der Waals surface area contributed by atoms with Gasteiger partial charge in [0.15, 0.2) is 0 Å². The summed E-state index contributed by atoms with van der Waals surface area (Å²) in [4.78, 5) is 15.4. The summed E-state index contributed by atoms with van der Waals surface area (Å²) in [6.45, 7) is 0. The molecule has 2 heterocycles. The molecule has 126 valence electrons. The minimum atomic E-state index is -0.289. The van der Waals surface area contributed by atoms with E-state index in [1.54, 1.807) is 16.8 Å². The van der Waals surface area contributed by atoms with Gasteiger partial charge in [0, 0.05) is 14.6 Å². The molecule has 1 atom stereocenters. The number of amides is 1. The van der Waals surface area contributed by atoms with E-state index < -0.39 is 0 Å². The average molecular weight is 434 g/mol. The second kappa shape index (κ2) is 9.84. The summed E-state index contributed by atoms with van der Waals surface area (Å²) in [6, 6.07) is 8.66. The monoisotopic (exact) mass is 433 g/mol. The van der Waals surface area contributed by atoms with Gasteiger partial charge in [-0.05, 0) is 65.7 Å². The molecule has 2 aromatic rings. The lowest BCUT2D eigenvalue weighted by Crippen LogP contribution is -2.29. The first kappa shape index (κ1) is 19.0. The van der Waals surface area contributed by atoms with Crippen molar-refractivity contribution >= 4 is 56.3 Å². The van der Waals surface area contributed by atoms with Crippen LogP contribution >= 0.6 is 50.4 Å². The maximum absolute atomic E-state index is 11.4. The number of carbonyl (C=O) groups is 1. The minimum absolute atomic E-state index is 0.148. The summed E-state index contributed by atoms with van der Waals surface area (Å²) in [7, 11) is 0. The molecule has 23 heavy (non-hydrogen) atoms. The van der Waals surface area contributed by atoms with Crippen LogP contribution in [0.25, 0.3) is 9.75 Å². The molecule has 0 saturated carbocycles. The van der Waals surface area contributed by atoms with Crippen molar-refractivity contribution in [2.24, 2.45) is 0 Å². The van der Waals surface area contributed by atoms with Crippen LogP contribution in [0.5, 0.6) is 0 Å². The molecule has 0 aromatic carbocycles. The van der Waals surface area contributed by atoms with Crippen molar-refractivity contribution in [3.05, 3.63) is 32.9 Å². The Morgan fingerprint density at radius 1 is 1.22 bits per heavy atom. The molecule has 0 radical (unpaired) electrons. The molecular formula is C16H20BrNO2S3. The Bertz CT molecular complexity index is 626. The van der Waals surface area contributed by atoms with E-state index in [1.807, 2.05) is 17.6 Å². The number of hydroxylamine groups is 1. The number of hydrogen-bond acceptors (Lipinski definition) is 5. The SMILES string of the molecule is CSC(CCCCCc1ccc(-c2ccc(Br)s2)s1)C(=O)NO. The van der Waals surface area contributed by atoms with Crippen molar-refractivity contribution in [1.29, 1.82) is 0 Å². The van der Waals surface area contributed by atoms with Crippen molar-refractivity contribution in [3.8, 4) is 9.75 Å². The summed E-state index contributed by atoms with van der Waals surface area (Å²) in [5, 5.41) is 8.52. The fourth-order valence-corrected chi connectivity index (χ4v) is 5.52. The molecule has 2 rings (SSSR count). The van der Waals surface area contributed by atoms with Crippen molar-refractivity contribution < 1.29 is 10.0 Å². The number of nitrogens with one attached hydrogen (secondary N) is 1. The van der Waals surface area contributed by atoms with Gasteiger partial charge < -0.3 is 0 Å². The molecule has 7 heteroatoms. The number of hydrogen-bond donors (Lipinski definition) is 2. The van der Waals surface area contributed by atoms with E-state index in [4.69, 9.17) is 5.21 Å².